The molecule has 0 heterocycles. The van der Waals surface area contributed by atoms with Crippen LogP contribution in [0.2, 0.25) is 0 Å². The van der Waals surface area contributed by atoms with E-state index in [4.69, 9.17) is 5.11 Å². The van der Waals surface area contributed by atoms with Crippen molar-refractivity contribution >= 4 is 9.84 Å². The Bertz CT molecular complexity index is 484. The Morgan fingerprint density at radius 1 is 1.26 bits per heavy atom. The van der Waals surface area contributed by atoms with Crippen LogP contribution in [0.5, 0.6) is 0 Å². The van der Waals surface area contributed by atoms with Crippen LogP contribution < -0.4 is 5.32 Å². The molecule has 0 aliphatic heterocycles. The largest absolute Gasteiger partial charge is 0.396 e. The first-order valence-corrected chi connectivity index (χ1v) is 8.06. The Hall–Kier alpha value is -0.950. The summed E-state index contributed by atoms with van der Waals surface area (Å²) in [5.74, 6) is 0. The van der Waals surface area contributed by atoms with Gasteiger partial charge in [0, 0.05) is 25.4 Å². The topological polar surface area (TPSA) is 86.6 Å². The second-order valence-corrected chi connectivity index (χ2v) is 6.69. The monoisotopic (exact) mass is 287 g/mol. The van der Waals surface area contributed by atoms with E-state index in [1.54, 1.807) is 12.1 Å². The molecular formula is C13H21NO4S. The maximum Gasteiger partial charge on any atom is 0.175 e. The molecule has 0 amide bonds. The fraction of sp³-hybridized carbons (Fsp3) is 0.538. The van der Waals surface area contributed by atoms with E-state index in [1.807, 2.05) is 6.92 Å². The molecule has 0 saturated carbocycles. The van der Waals surface area contributed by atoms with Crippen LogP contribution >= 0.6 is 0 Å². The zero-order valence-electron chi connectivity index (χ0n) is 11.2. The zero-order chi connectivity index (χ0) is 14.5. The molecule has 1 aromatic rings. The van der Waals surface area contributed by atoms with E-state index in [2.05, 4.69) is 5.32 Å². The molecule has 0 saturated heterocycles. The maximum absolute atomic E-state index is 11.3. The van der Waals surface area contributed by atoms with Gasteiger partial charge in [-0.15, -0.1) is 0 Å². The van der Waals surface area contributed by atoms with E-state index in [9.17, 15) is 13.5 Å². The van der Waals surface area contributed by atoms with Crippen LogP contribution in [-0.2, 0) is 9.84 Å². The number of rotatable bonds is 7. The minimum absolute atomic E-state index is 0.104. The van der Waals surface area contributed by atoms with Crippen LogP contribution in [0.1, 0.15) is 25.0 Å². The molecule has 0 fully saturated rings. The van der Waals surface area contributed by atoms with E-state index < -0.39 is 15.9 Å². The Kier molecular flexibility index (Phi) is 5.93. The first-order chi connectivity index (χ1) is 8.84. The van der Waals surface area contributed by atoms with E-state index in [0.717, 1.165) is 6.26 Å². The smallest absolute Gasteiger partial charge is 0.175 e. The number of benzene rings is 1. The van der Waals surface area contributed by atoms with Crippen molar-refractivity contribution in [2.45, 2.75) is 30.4 Å². The van der Waals surface area contributed by atoms with Gasteiger partial charge in [-0.25, -0.2) is 8.42 Å². The van der Waals surface area contributed by atoms with Crippen molar-refractivity contribution < 1.29 is 18.6 Å². The standard InChI is InChI=1S/C13H21NO4S/c1-10(7-8-15)14-9-13(16)11-3-5-12(6-4-11)19(2,17)18/h3-6,10,13-16H,7-9H2,1-2H3. The van der Waals surface area contributed by atoms with E-state index in [0.29, 0.717) is 18.5 Å². The molecule has 108 valence electrons. The predicted octanol–water partition coefficient (Wildman–Crippen LogP) is 0.484. The average Bonchev–Trinajstić information content (AvgIpc) is 2.35. The lowest BCUT2D eigenvalue weighted by Crippen LogP contribution is -2.31. The van der Waals surface area contributed by atoms with Gasteiger partial charge < -0.3 is 15.5 Å². The molecule has 0 radical (unpaired) electrons. The highest BCUT2D eigenvalue weighted by atomic mass is 32.2. The highest BCUT2D eigenvalue weighted by molar-refractivity contribution is 7.90. The van der Waals surface area contributed by atoms with Crippen molar-refractivity contribution in [3.8, 4) is 0 Å². The Labute approximate surface area is 114 Å². The molecule has 3 N–H and O–H groups in total. The summed E-state index contributed by atoms with van der Waals surface area (Å²) in [4.78, 5) is 0.241. The van der Waals surface area contributed by atoms with Gasteiger partial charge in [0.15, 0.2) is 9.84 Å². The fourth-order valence-electron chi connectivity index (χ4n) is 1.66. The first-order valence-electron chi connectivity index (χ1n) is 6.17. The van der Waals surface area contributed by atoms with Crippen molar-refractivity contribution in [1.82, 2.24) is 5.32 Å². The highest BCUT2D eigenvalue weighted by Gasteiger charge is 2.11. The summed E-state index contributed by atoms with van der Waals surface area (Å²) in [6.07, 6.45) is 1.07. The molecule has 0 aliphatic carbocycles. The van der Waals surface area contributed by atoms with Crippen LogP contribution in [0.4, 0.5) is 0 Å². The lowest BCUT2D eigenvalue weighted by molar-refractivity contribution is 0.167. The summed E-state index contributed by atoms with van der Waals surface area (Å²) in [5.41, 5.74) is 0.663. The van der Waals surface area contributed by atoms with E-state index in [-0.39, 0.29) is 17.5 Å². The fourth-order valence-corrected chi connectivity index (χ4v) is 2.29. The van der Waals surface area contributed by atoms with Crippen molar-refractivity contribution in [2.75, 3.05) is 19.4 Å². The molecule has 0 bridgehead atoms. The number of sulfone groups is 1. The Balaban J connectivity index is 2.61. The van der Waals surface area contributed by atoms with Crippen molar-refractivity contribution in [3.63, 3.8) is 0 Å². The van der Waals surface area contributed by atoms with Crippen LogP contribution in [0.15, 0.2) is 29.2 Å². The van der Waals surface area contributed by atoms with Crippen LogP contribution in [-0.4, -0.2) is 44.1 Å². The molecule has 0 spiro atoms. The number of hydrogen-bond donors (Lipinski definition) is 3. The second-order valence-electron chi connectivity index (χ2n) is 4.68. The second kappa shape index (κ2) is 7.00. The summed E-state index contributed by atoms with van der Waals surface area (Å²) in [6.45, 7) is 2.39. The van der Waals surface area contributed by atoms with Gasteiger partial charge in [-0.1, -0.05) is 12.1 Å². The third-order valence-electron chi connectivity index (χ3n) is 2.91. The number of hydrogen-bond acceptors (Lipinski definition) is 5. The van der Waals surface area contributed by atoms with Gasteiger partial charge in [0.05, 0.1) is 11.0 Å². The van der Waals surface area contributed by atoms with Crippen LogP contribution in [0.3, 0.4) is 0 Å². The predicted molar refractivity (Wildman–Crippen MR) is 73.7 cm³/mol. The maximum atomic E-state index is 11.3. The Morgan fingerprint density at radius 3 is 2.32 bits per heavy atom. The molecule has 0 aliphatic rings. The van der Waals surface area contributed by atoms with Gasteiger partial charge in [0.25, 0.3) is 0 Å². The van der Waals surface area contributed by atoms with Crippen LogP contribution in [0, 0.1) is 0 Å². The summed E-state index contributed by atoms with van der Waals surface area (Å²) in [5, 5.41) is 21.8. The molecule has 1 aromatic carbocycles. The summed E-state index contributed by atoms with van der Waals surface area (Å²) in [6, 6.07) is 6.32. The molecule has 5 nitrogen and oxygen atoms in total. The molecule has 0 aromatic heterocycles. The van der Waals surface area contributed by atoms with Crippen molar-refractivity contribution in [2.24, 2.45) is 0 Å². The average molecular weight is 287 g/mol. The van der Waals surface area contributed by atoms with Crippen molar-refractivity contribution in [1.29, 1.82) is 0 Å². The lowest BCUT2D eigenvalue weighted by Gasteiger charge is -2.16. The molecule has 19 heavy (non-hydrogen) atoms. The molecule has 1 rings (SSSR count). The minimum atomic E-state index is -3.20. The number of aliphatic hydroxyl groups is 2. The molecular weight excluding hydrogens is 266 g/mol. The first kappa shape index (κ1) is 16.1. The molecule has 6 heteroatoms. The minimum Gasteiger partial charge on any atom is -0.396 e. The lowest BCUT2D eigenvalue weighted by atomic mass is 10.1. The van der Waals surface area contributed by atoms with Crippen molar-refractivity contribution in [3.05, 3.63) is 29.8 Å². The van der Waals surface area contributed by atoms with E-state index in [1.165, 1.54) is 12.1 Å². The van der Waals surface area contributed by atoms with Crippen LogP contribution in [0.25, 0.3) is 0 Å². The quantitative estimate of drug-likeness (QED) is 0.679. The number of nitrogens with one attached hydrogen (secondary N) is 1. The third kappa shape index (κ3) is 5.28. The van der Waals surface area contributed by atoms with Gasteiger partial charge in [-0.3, -0.25) is 0 Å². The zero-order valence-corrected chi connectivity index (χ0v) is 12.0. The SMILES string of the molecule is CC(CCO)NCC(O)c1ccc(S(C)(=O)=O)cc1. The summed E-state index contributed by atoms with van der Waals surface area (Å²) >= 11 is 0. The van der Waals surface area contributed by atoms with Gasteiger partial charge in [0.2, 0.25) is 0 Å². The summed E-state index contributed by atoms with van der Waals surface area (Å²) < 4.78 is 22.6. The molecule has 2 atom stereocenters. The van der Waals surface area contributed by atoms with Gasteiger partial charge in [-0.2, -0.15) is 0 Å². The highest BCUT2D eigenvalue weighted by Crippen LogP contribution is 2.16. The Morgan fingerprint density at radius 2 is 1.84 bits per heavy atom. The van der Waals surface area contributed by atoms with Gasteiger partial charge >= 0.3 is 0 Å². The van der Waals surface area contributed by atoms with Gasteiger partial charge in [0.1, 0.15) is 0 Å². The normalized spacial score (nSPS) is 15.2. The number of aliphatic hydroxyl groups excluding tert-OH is 2. The van der Waals surface area contributed by atoms with E-state index >= 15 is 0 Å². The summed E-state index contributed by atoms with van der Waals surface area (Å²) in [7, 11) is -3.20. The third-order valence-corrected chi connectivity index (χ3v) is 4.04. The molecule has 2 unspecified atom stereocenters. The van der Waals surface area contributed by atoms with Gasteiger partial charge in [-0.05, 0) is 31.0 Å².